The molecule has 134 heavy (non-hydrogen) atoms. The van der Waals surface area contributed by atoms with Crippen LogP contribution >= 0.6 is 452 Å². The number of ether oxygens (including phenoxy) is 4. The average Bonchev–Trinajstić information content (AvgIpc) is 0.812. The highest BCUT2D eigenvalue weighted by molar-refractivity contribution is 14.1. The highest BCUT2D eigenvalue weighted by Gasteiger charge is 2.20. The molecule has 8 rings (SSSR count). The summed E-state index contributed by atoms with van der Waals surface area (Å²) in [5, 5.41) is 107. The van der Waals surface area contributed by atoms with Crippen LogP contribution in [0.3, 0.4) is 0 Å². The van der Waals surface area contributed by atoms with Crippen LogP contribution in [0.5, 0.6) is 11.5 Å². The number of esters is 1. The lowest BCUT2D eigenvalue weighted by Crippen LogP contribution is -2.35. The third-order valence-corrected chi connectivity index (χ3v) is 40.8. The highest BCUT2D eigenvalue weighted by Crippen LogP contribution is 2.36. The first kappa shape index (κ1) is 132. The Morgan fingerprint density at radius 2 is 0.687 bits per heavy atom. The monoisotopic (exact) mass is 4090 g/mol. The summed E-state index contributed by atoms with van der Waals surface area (Å²) in [4.78, 5) is 161. The molecule has 8 aromatic rings. The lowest BCUT2D eigenvalue weighted by atomic mass is 9.97. The number of carboxylic acid groups (broad SMARTS) is 8. The molecule has 0 aliphatic heterocycles. The van der Waals surface area contributed by atoms with Gasteiger partial charge in [-0.3, -0.25) is 30.3 Å². The number of hydrogen-bond donors (Lipinski definition) is 7. The smallest absolute Gasteiger partial charge is 0.411 e. The lowest BCUT2D eigenvalue weighted by Gasteiger charge is -2.18. The van der Waals surface area contributed by atoms with Crippen LogP contribution in [0.25, 0.3) is 0 Å². The molecule has 0 aliphatic rings. The molecule has 0 radical (unpaired) electrons. The maximum atomic E-state index is 11.6. The first-order valence-electron chi connectivity index (χ1n) is 36.2. The normalized spacial score (nSPS) is 10.2. The van der Waals surface area contributed by atoms with E-state index in [2.05, 4.69) is 453 Å². The maximum Gasteiger partial charge on any atom is 0.411 e. The molecule has 34 nitrogen and oxygen atoms in total. The number of carboxylic acids is 8. The van der Waals surface area contributed by atoms with Crippen molar-refractivity contribution in [3.8, 4) is 11.5 Å². The van der Waals surface area contributed by atoms with Gasteiger partial charge >= 0.3 is 24.2 Å². The molecule has 7 N–H and O–H groups in total. The first-order valence-corrected chi connectivity index (χ1v) is 57.8. The molecule has 0 aromatic heterocycles. The van der Waals surface area contributed by atoms with Crippen molar-refractivity contribution in [3.63, 3.8) is 0 Å². The van der Waals surface area contributed by atoms with E-state index in [0.717, 1.165) is 75.5 Å². The number of aromatic hydroxyl groups is 1. The summed E-state index contributed by atoms with van der Waals surface area (Å²) in [5.41, 5.74) is 4.76. The number of carbonyl (C=O) groups is 15. The Morgan fingerprint density at radius 3 is 1.06 bits per heavy atom. The van der Waals surface area contributed by atoms with E-state index in [9.17, 15) is 118 Å². The van der Waals surface area contributed by atoms with Gasteiger partial charge in [-0.1, -0.05) is 13.0 Å². The minimum absolute atomic E-state index is 0.0593. The minimum atomic E-state index is -1.85. The van der Waals surface area contributed by atoms with E-state index in [-0.39, 0.29) is 94.5 Å². The summed E-state index contributed by atoms with van der Waals surface area (Å²) in [6.45, 7) is 1.49. The minimum Gasteiger partial charge on any atom is -0.550 e. The summed E-state index contributed by atoms with van der Waals surface area (Å²) in [7, 11) is 0. The van der Waals surface area contributed by atoms with E-state index in [1.165, 1.54) is 0 Å². The van der Waals surface area contributed by atoms with Crippen molar-refractivity contribution in [2.45, 2.75) is 84.0 Å². The van der Waals surface area contributed by atoms with Gasteiger partial charge in [0.2, 0.25) is 17.7 Å². The van der Waals surface area contributed by atoms with Crippen LogP contribution in [0.15, 0.2) is 115 Å². The van der Waals surface area contributed by atoms with Crippen LogP contribution in [0.2, 0.25) is 0 Å². The second kappa shape index (κ2) is 72.0. The van der Waals surface area contributed by atoms with E-state index in [0.29, 0.717) is 54.8 Å². The Morgan fingerprint density at radius 1 is 0.321 bits per heavy atom. The Labute approximate surface area is 1040 Å². The number of anilines is 6. The van der Waals surface area contributed by atoms with Gasteiger partial charge in [-0.25, -0.2) is 19.2 Å². The van der Waals surface area contributed by atoms with Crippen LogP contribution in [-0.2, 0) is 78.2 Å². The van der Waals surface area contributed by atoms with Gasteiger partial charge in [0.05, 0.1) is 46.5 Å². The van der Waals surface area contributed by atoms with Crippen molar-refractivity contribution in [1.29, 1.82) is 0 Å². The summed E-state index contributed by atoms with van der Waals surface area (Å²) >= 11 is 43.0. The van der Waals surface area contributed by atoms with Gasteiger partial charge in [0, 0.05) is 159 Å². The fourth-order valence-corrected chi connectivity index (χ4v) is 25.3. The van der Waals surface area contributed by atoms with Crippen LogP contribution in [-0.4, -0.2) is 115 Å². The maximum absolute atomic E-state index is 11.6. The standard InChI is InChI=1S/C11H10I3NO3.C11H11I3O3.C11H12INO4.C10H8I3NO4.C10H8I3NO3.C10H10INO4.C9H6I3NO3.C8H3I3O4/c12-7-4-6(5-8(13)11(7)14)15-9(16)2-1-3-10(17)18;1-2-5(11(16)17)3-6-7(12)4-8(13)10(15)9(6)14;12-8-3-1-4-9(7-8)13-11(16)17-6-2-5-10(14)15;11-6-3-5(4-7(12)9(6)13)14-10(17)18-2-1-8(15)16;11-6-3-5(4-7(12)10(6)13)14-8(15)1-2-9(16)17;11-7-1-3-8(4-2-7)12-10(15)16-6-5-9(13)14;10-5-1-4(2-6(11)9(5)12)13-7(14)3-8(15)16;9-3-1-4(10)6(5(11)2-3)15-8(14)7(12)13/h4-5H,1-3H2,(H,15,16)(H,17,18);4-5,15H,2-3H2,1H3,(H,16,17);1,3-4,7H,2,5-6H2,(H,13,16)(H,14,15);3-4H,1-2H2,(H,14,17)(H,15,16);3-4H,1-2H2,(H,14,15)(H,16,17);1-4H,5-6H2,(H,12,15)(H,13,14);1-2H,3H2,(H,13,14)(H,15,16);1-2H,(H,12,13)/p-8. The second-order valence-electron chi connectivity index (χ2n) is 24.8. The highest BCUT2D eigenvalue weighted by atomic mass is 127. The second-order valence-corrected chi connectivity index (χ2v) is 47.9. The summed E-state index contributed by atoms with van der Waals surface area (Å²) in [6.07, 6.45) is -2.05. The van der Waals surface area contributed by atoms with Crippen molar-refractivity contribution >= 4 is 576 Å². The Bertz CT molecular complexity index is 5310. The molecule has 8 aromatic carbocycles. The lowest BCUT2D eigenvalue weighted by molar-refractivity contribution is -0.312. The van der Waals surface area contributed by atoms with Crippen molar-refractivity contribution in [2.24, 2.45) is 5.92 Å². The van der Waals surface area contributed by atoms with Gasteiger partial charge in [0.1, 0.15) is 5.75 Å². The number of nitrogens with one attached hydrogen (secondary N) is 6. The molecule has 0 aliphatic carbocycles. The van der Waals surface area contributed by atoms with Crippen molar-refractivity contribution in [1.82, 2.24) is 0 Å². The number of aliphatic carboxylic acids is 8. The molecule has 1 unspecified atom stereocenters. The SMILES string of the molecule is CCC(Cc1c(I)cc(I)c(O)c1I)C(=O)[O-].O=C([O-])C(=O)Oc1c(I)cc(I)cc1I.O=C([O-])CC(=O)Nc1cc(I)c(I)c(I)c1.O=C([O-])CCC(=O)Nc1cc(I)c(I)c(I)c1.O=C([O-])CCCC(=O)Nc1cc(I)c(I)c(I)c1.O=C([O-])CCCOC(=O)Nc1cccc(I)c1.O=C([O-])CCOC(=O)Nc1cc(I)c(I)c(I)c1.O=C([O-])CCOC(=O)Nc1ccc(I)cc1. The third-order valence-electron chi connectivity index (χ3n) is 14.5. The predicted octanol–water partition coefficient (Wildman–Crippen LogP) is 14.1. The van der Waals surface area contributed by atoms with Crippen molar-refractivity contribution < 1.29 is 137 Å². The number of hydrogen-bond acceptors (Lipinski definition) is 28. The van der Waals surface area contributed by atoms with Crippen LogP contribution < -0.4 is 77.5 Å². The number of phenolic OH excluding ortho intramolecular Hbond substituents is 1. The largest absolute Gasteiger partial charge is 0.550 e. The van der Waals surface area contributed by atoms with Crippen molar-refractivity contribution in [2.75, 3.05) is 51.7 Å². The van der Waals surface area contributed by atoms with Gasteiger partial charge in [-0.15, -0.1) is 0 Å². The molecule has 0 saturated carbocycles. The molecule has 726 valence electrons. The van der Waals surface area contributed by atoms with Gasteiger partial charge in [0.15, 0.2) is 11.7 Å². The zero-order valence-corrected chi connectivity index (χ0v) is 110. The molecular weight excluding hydrogens is 4030 g/mol. The third kappa shape index (κ3) is 58.7. The first-order chi connectivity index (χ1) is 62.5. The summed E-state index contributed by atoms with van der Waals surface area (Å²) in [6, 6.07) is 34.4. The number of benzene rings is 8. The molecule has 54 heteroatoms. The zero-order valence-electron chi connectivity index (χ0n) is 67.2. The Hall–Kier alpha value is -0.390. The van der Waals surface area contributed by atoms with E-state index in [1.807, 2.05) is 119 Å². The molecule has 0 saturated heterocycles. The van der Waals surface area contributed by atoms with Crippen LogP contribution in [0.1, 0.15) is 83.1 Å². The molecule has 0 spiro atoms. The topological polar surface area (TPSA) is 570 Å². The molecule has 1 atom stereocenters. The molecule has 0 bridgehead atoms. The molecular formula is C80H60I20N6O28-8. The molecule has 0 fully saturated rings. The Balaban J connectivity index is 0.000000766. The van der Waals surface area contributed by atoms with Crippen LogP contribution in [0, 0.1) is 77.3 Å². The number of amides is 6. The molecule has 6 amide bonds. The number of halogens is 20. The molecule has 0 heterocycles. The van der Waals surface area contributed by atoms with Gasteiger partial charge < -0.3 is 119 Å². The van der Waals surface area contributed by atoms with Crippen LogP contribution in [0.4, 0.5) is 48.5 Å². The van der Waals surface area contributed by atoms with E-state index >= 15 is 0 Å². The van der Waals surface area contributed by atoms with E-state index in [1.54, 1.807) is 48.5 Å². The average molecular weight is 4090 g/mol. The van der Waals surface area contributed by atoms with Gasteiger partial charge in [0.25, 0.3) is 0 Å². The Kier molecular flexibility index (Phi) is 70.7. The van der Waals surface area contributed by atoms with E-state index < -0.39 is 90.2 Å². The van der Waals surface area contributed by atoms with E-state index in [4.69, 9.17) is 4.74 Å². The quantitative estimate of drug-likeness (QED) is 0.00321. The predicted molar refractivity (Wildman–Crippen MR) is 648 cm³/mol. The summed E-state index contributed by atoms with van der Waals surface area (Å²) < 4.78 is 38.5. The van der Waals surface area contributed by atoms with Crippen molar-refractivity contribution in [3.05, 3.63) is 192 Å². The van der Waals surface area contributed by atoms with Gasteiger partial charge in [-0.05, 0) is 612 Å². The fraction of sp³-hybridized carbons (Fsp3) is 0.212. The fourth-order valence-electron chi connectivity index (χ4n) is 8.51. The zero-order chi connectivity index (χ0) is 102. The number of phenols is 1. The number of carbonyl (C=O) groups excluding carboxylic acids is 15. The number of rotatable bonds is 30. The van der Waals surface area contributed by atoms with Gasteiger partial charge in [-0.2, -0.15) is 0 Å². The summed E-state index contributed by atoms with van der Waals surface area (Å²) in [5.74, 6) is -12.7.